The molecule has 0 atom stereocenters. The molecule has 19 heavy (non-hydrogen) atoms. The molecule has 0 aliphatic rings. The monoisotopic (exact) mass is 302 g/mol. The summed E-state index contributed by atoms with van der Waals surface area (Å²) in [5, 5.41) is 12.4. The van der Waals surface area contributed by atoms with Gasteiger partial charge >= 0.3 is 5.97 Å². The van der Waals surface area contributed by atoms with Crippen LogP contribution in [0.25, 0.3) is 0 Å². The highest BCUT2D eigenvalue weighted by atomic mass is 35.5. The number of carboxylic acids is 1. The zero-order chi connectivity index (χ0) is 14.5. The Labute approximate surface area is 123 Å². The Hall–Kier alpha value is -0.940. The largest absolute Gasteiger partial charge is 0.478 e. The lowest BCUT2D eigenvalue weighted by Gasteiger charge is -2.30. The van der Waals surface area contributed by atoms with Gasteiger partial charge in [-0.2, -0.15) is 11.8 Å². The fourth-order valence-corrected chi connectivity index (χ4v) is 2.82. The summed E-state index contributed by atoms with van der Waals surface area (Å²) in [5.74, 6) is -0.492. The van der Waals surface area contributed by atoms with Gasteiger partial charge in [-0.15, -0.1) is 0 Å². The van der Waals surface area contributed by atoms with Crippen molar-refractivity contribution in [2.24, 2.45) is 0 Å². The van der Waals surface area contributed by atoms with E-state index in [4.69, 9.17) is 16.7 Å². The van der Waals surface area contributed by atoms with E-state index >= 15 is 0 Å². The van der Waals surface area contributed by atoms with E-state index in [1.54, 1.807) is 0 Å². The molecule has 4 nitrogen and oxygen atoms in total. The fourth-order valence-electron chi connectivity index (χ4n) is 1.79. The first-order valence-corrected chi connectivity index (χ1v) is 7.76. The van der Waals surface area contributed by atoms with Crippen molar-refractivity contribution in [2.75, 3.05) is 18.1 Å². The first-order chi connectivity index (χ1) is 8.98. The van der Waals surface area contributed by atoms with Crippen molar-refractivity contribution in [3.8, 4) is 0 Å². The van der Waals surface area contributed by atoms with E-state index in [9.17, 15) is 4.79 Å². The van der Waals surface area contributed by atoms with E-state index in [1.165, 1.54) is 12.3 Å². The lowest BCUT2D eigenvalue weighted by molar-refractivity contribution is 0.0696. The molecule has 1 rings (SSSR count). The summed E-state index contributed by atoms with van der Waals surface area (Å²) < 4.78 is 0.149. The Morgan fingerprint density at radius 3 is 2.58 bits per heavy atom. The molecule has 0 aliphatic heterocycles. The van der Waals surface area contributed by atoms with E-state index in [-0.39, 0.29) is 10.3 Å². The predicted molar refractivity (Wildman–Crippen MR) is 81.5 cm³/mol. The Balaban J connectivity index is 2.80. The lowest BCUT2D eigenvalue weighted by atomic mass is 10.0. The number of carbonyl (C=O) groups is 1. The minimum atomic E-state index is -1.03. The number of aromatic carboxylic acids is 1. The Kier molecular flexibility index (Phi) is 5.94. The number of halogens is 1. The molecule has 6 heteroatoms. The second-order valence-electron chi connectivity index (χ2n) is 4.31. The standard InChI is InChI=1S/C13H19ClN2O2S/c1-4-13(5-2,19-3)8-16-11-10(14)6-9(7-15-11)12(17)18/h6-7H,4-5,8H2,1-3H3,(H,15,16)(H,17,18). The lowest BCUT2D eigenvalue weighted by Crippen LogP contribution is -2.32. The van der Waals surface area contributed by atoms with Crippen LogP contribution >= 0.6 is 23.4 Å². The number of rotatable bonds is 7. The minimum Gasteiger partial charge on any atom is -0.478 e. The molecule has 0 amide bonds. The van der Waals surface area contributed by atoms with Crippen molar-refractivity contribution in [1.82, 2.24) is 4.98 Å². The summed E-state index contributed by atoms with van der Waals surface area (Å²) in [6, 6.07) is 1.41. The molecule has 0 radical (unpaired) electrons. The van der Waals surface area contributed by atoms with Gasteiger partial charge in [0.05, 0.1) is 10.6 Å². The predicted octanol–water partition coefficient (Wildman–Crippen LogP) is 3.77. The van der Waals surface area contributed by atoms with E-state index in [2.05, 4.69) is 30.4 Å². The Morgan fingerprint density at radius 2 is 2.16 bits per heavy atom. The average molecular weight is 303 g/mol. The number of hydrogen-bond donors (Lipinski definition) is 2. The van der Waals surface area contributed by atoms with Crippen molar-refractivity contribution < 1.29 is 9.90 Å². The topological polar surface area (TPSA) is 62.2 Å². The fraction of sp³-hybridized carbons (Fsp3) is 0.538. The van der Waals surface area contributed by atoms with Gasteiger partial charge in [0.1, 0.15) is 5.82 Å². The van der Waals surface area contributed by atoms with Crippen molar-refractivity contribution in [2.45, 2.75) is 31.4 Å². The van der Waals surface area contributed by atoms with Crippen LogP contribution in [0, 0.1) is 0 Å². The van der Waals surface area contributed by atoms with Crippen LogP contribution in [0.1, 0.15) is 37.0 Å². The van der Waals surface area contributed by atoms with Gasteiger partial charge in [-0.25, -0.2) is 9.78 Å². The van der Waals surface area contributed by atoms with Crippen LogP contribution in [0.4, 0.5) is 5.82 Å². The van der Waals surface area contributed by atoms with Gasteiger partial charge in [0.25, 0.3) is 0 Å². The summed E-state index contributed by atoms with van der Waals surface area (Å²) >= 11 is 7.86. The number of thioether (sulfide) groups is 1. The smallest absolute Gasteiger partial charge is 0.337 e. The van der Waals surface area contributed by atoms with Crippen molar-refractivity contribution >= 4 is 35.1 Å². The van der Waals surface area contributed by atoms with Crippen molar-refractivity contribution in [3.05, 3.63) is 22.8 Å². The molecular weight excluding hydrogens is 284 g/mol. The molecule has 0 fully saturated rings. The van der Waals surface area contributed by atoms with E-state index in [1.807, 2.05) is 11.8 Å². The van der Waals surface area contributed by atoms with Gasteiger partial charge in [0.15, 0.2) is 0 Å². The second kappa shape index (κ2) is 7.01. The molecule has 1 aromatic heterocycles. The van der Waals surface area contributed by atoms with E-state index in [0.717, 1.165) is 19.4 Å². The maximum absolute atomic E-state index is 10.8. The highest BCUT2D eigenvalue weighted by Crippen LogP contribution is 2.31. The summed E-state index contributed by atoms with van der Waals surface area (Å²) in [7, 11) is 0. The number of nitrogens with zero attached hydrogens (tertiary/aromatic N) is 1. The molecule has 0 bridgehead atoms. The average Bonchev–Trinajstić information content (AvgIpc) is 2.42. The Bertz CT molecular complexity index is 442. The molecule has 0 aliphatic carbocycles. The number of anilines is 1. The maximum Gasteiger partial charge on any atom is 0.337 e. The van der Waals surface area contributed by atoms with Crippen LogP contribution < -0.4 is 5.32 Å². The second-order valence-corrected chi connectivity index (χ2v) is 5.99. The van der Waals surface area contributed by atoms with E-state index in [0.29, 0.717) is 10.8 Å². The number of aromatic nitrogens is 1. The third kappa shape index (κ3) is 4.01. The van der Waals surface area contributed by atoms with Gasteiger partial charge < -0.3 is 10.4 Å². The summed E-state index contributed by atoms with van der Waals surface area (Å²) in [6.45, 7) is 5.06. The van der Waals surface area contributed by atoms with Gasteiger partial charge in [-0.1, -0.05) is 25.4 Å². The summed E-state index contributed by atoms with van der Waals surface area (Å²) in [5.41, 5.74) is 0.0951. The number of carboxylic acid groups (broad SMARTS) is 1. The highest BCUT2D eigenvalue weighted by Gasteiger charge is 2.25. The van der Waals surface area contributed by atoms with Crippen LogP contribution in [0.3, 0.4) is 0 Å². The van der Waals surface area contributed by atoms with Crippen LogP contribution in [-0.4, -0.2) is 33.6 Å². The van der Waals surface area contributed by atoms with Crippen LogP contribution in [-0.2, 0) is 0 Å². The normalized spacial score (nSPS) is 11.4. The first kappa shape index (κ1) is 16.1. The van der Waals surface area contributed by atoms with Gasteiger partial charge in [0, 0.05) is 17.5 Å². The molecule has 0 saturated carbocycles. The highest BCUT2D eigenvalue weighted by molar-refractivity contribution is 8.00. The molecule has 1 aromatic rings. The minimum absolute atomic E-state index is 0.0951. The zero-order valence-corrected chi connectivity index (χ0v) is 12.9. The number of nitrogens with one attached hydrogen (secondary N) is 1. The molecule has 1 heterocycles. The van der Waals surface area contributed by atoms with Gasteiger partial charge in [0.2, 0.25) is 0 Å². The van der Waals surface area contributed by atoms with Crippen molar-refractivity contribution in [3.63, 3.8) is 0 Å². The van der Waals surface area contributed by atoms with Crippen LogP contribution in [0.15, 0.2) is 12.3 Å². The molecule has 0 spiro atoms. The molecular formula is C13H19ClN2O2S. The molecule has 106 valence electrons. The third-order valence-electron chi connectivity index (χ3n) is 3.39. The van der Waals surface area contributed by atoms with Crippen LogP contribution in [0.2, 0.25) is 5.02 Å². The Morgan fingerprint density at radius 1 is 1.53 bits per heavy atom. The maximum atomic E-state index is 10.8. The van der Waals surface area contributed by atoms with Crippen molar-refractivity contribution in [1.29, 1.82) is 0 Å². The van der Waals surface area contributed by atoms with Crippen LogP contribution in [0.5, 0.6) is 0 Å². The summed E-state index contributed by atoms with van der Waals surface area (Å²) in [4.78, 5) is 14.9. The molecule has 0 saturated heterocycles. The quantitative estimate of drug-likeness (QED) is 0.803. The third-order valence-corrected chi connectivity index (χ3v) is 5.26. The summed E-state index contributed by atoms with van der Waals surface area (Å²) in [6.07, 6.45) is 5.50. The molecule has 2 N–H and O–H groups in total. The van der Waals surface area contributed by atoms with Gasteiger partial charge in [-0.05, 0) is 25.2 Å². The number of hydrogen-bond acceptors (Lipinski definition) is 4. The molecule has 0 unspecified atom stereocenters. The van der Waals surface area contributed by atoms with Gasteiger partial charge in [-0.3, -0.25) is 0 Å². The SMILES string of the molecule is CCC(CC)(CNc1ncc(C(=O)O)cc1Cl)SC. The zero-order valence-electron chi connectivity index (χ0n) is 11.4. The van der Waals surface area contributed by atoms with E-state index < -0.39 is 5.97 Å². The molecule has 0 aromatic carbocycles. The first-order valence-electron chi connectivity index (χ1n) is 6.16. The number of pyridine rings is 1.